The van der Waals surface area contributed by atoms with Gasteiger partial charge < -0.3 is 25.4 Å². The Labute approximate surface area is 315 Å². The summed E-state index contributed by atoms with van der Waals surface area (Å²) in [6.45, 7) is 10.4. The van der Waals surface area contributed by atoms with E-state index in [1.165, 1.54) is 12.1 Å². The Bertz CT molecular complexity index is 2120. The Balaban J connectivity index is 1.28. The number of amides is 2. The number of ether oxygens (including phenoxy) is 2. The zero-order valence-corrected chi connectivity index (χ0v) is 31.0. The lowest BCUT2D eigenvalue weighted by Crippen LogP contribution is -2.35. The first kappa shape index (κ1) is 37.2. The van der Waals surface area contributed by atoms with E-state index in [9.17, 15) is 9.59 Å². The molecule has 3 aromatic carbocycles. The number of nitrogens with two attached hydrogens (primary N) is 1. The van der Waals surface area contributed by atoms with Crippen molar-refractivity contribution in [3.05, 3.63) is 112 Å². The second kappa shape index (κ2) is 16.9. The van der Waals surface area contributed by atoms with Gasteiger partial charge in [-0.25, -0.2) is 14.1 Å². The smallest absolute Gasteiger partial charge is 0.254 e. The molecule has 0 bridgehead atoms. The molecule has 0 atom stereocenters. The number of primary amides is 1. The van der Waals surface area contributed by atoms with Crippen LogP contribution in [0.25, 0.3) is 22.2 Å². The third-order valence-corrected chi connectivity index (χ3v) is 10.4. The average molecular weight is 734 g/mol. The molecule has 7 rings (SSSR count). The van der Waals surface area contributed by atoms with Crippen molar-refractivity contribution in [1.29, 1.82) is 0 Å². The summed E-state index contributed by atoms with van der Waals surface area (Å²) in [4.78, 5) is 35.9. The predicted molar refractivity (Wildman–Crippen MR) is 207 cm³/mol. The molecule has 0 saturated carbocycles. The van der Waals surface area contributed by atoms with Crippen LogP contribution in [-0.2, 0) is 42.1 Å². The summed E-state index contributed by atoms with van der Waals surface area (Å²) in [5.41, 5.74) is 12.7. The number of hydrogen-bond acceptors (Lipinski definition) is 8. The molecule has 54 heavy (non-hydrogen) atoms. The summed E-state index contributed by atoms with van der Waals surface area (Å²) >= 11 is 0. The lowest BCUT2D eigenvalue weighted by molar-refractivity contribution is 0.0342. The highest BCUT2D eigenvalue weighted by molar-refractivity contribution is 5.99. The zero-order chi connectivity index (χ0) is 37.6. The first-order valence-corrected chi connectivity index (χ1v) is 18.9. The van der Waals surface area contributed by atoms with E-state index in [1.54, 1.807) is 29.2 Å². The van der Waals surface area contributed by atoms with Crippen molar-refractivity contribution < 1.29 is 23.5 Å². The van der Waals surface area contributed by atoms with Crippen LogP contribution in [0.15, 0.2) is 72.9 Å². The van der Waals surface area contributed by atoms with Gasteiger partial charge in [-0.05, 0) is 79.3 Å². The lowest BCUT2D eigenvalue weighted by atomic mass is 9.99. The molecule has 3 N–H and O–H groups in total. The van der Waals surface area contributed by atoms with Gasteiger partial charge in [0.25, 0.3) is 5.91 Å². The number of fused-ring (bicyclic) bond motifs is 1. The Hall–Kier alpha value is -5.17. The summed E-state index contributed by atoms with van der Waals surface area (Å²) < 4.78 is 28.7. The van der Waals surface area contributed by atoms with Crippen LogP contribution in [-0.4, -0.2) is 81.9 Å². The van der Waals surface area contributed by atoms with Gasteiger partial charge in [0.1, 0.15) is 5.82 Å². The molecule has 0 aliphatic carbocycles. The van der Waals surface area contributed by atoms with E-state index in [4.69, 9.17) is 20.2 Å². The standard InChI is InChI=1S/C42H48FN7O4/c1-3-38-36(39(46-33-13-17-53-18-14-33)35-24-45-50(4-2)41(35)47-38)27-49(42(52)32-10-6-9-31(23-32)40(44)51)26-29-11-12-37(43)34(22-29)30-8-5-7-28(21-30)25-48-15-19-54-20-16-48/h5-12,21-24,33H,3-4,13-20,25-27H2,1-2H3,(H2,44,51)(H,46,47). The first-order valence-electron chi connectivity index (χ1n) is 18.9. The summed E-state index contributed by atoms with van der Waals surface area (Å²) in [6.07, 6.45) is 4.17. The molecule has 11 nitrogen and oxygen atoms in total. The zero-order valence-electron chi connectivity index (χ0n) is 31.0. The molecule has 4 heterocycles. The maximum Gasteiger partial charge on any atom is 0.254 e. The molecular formula is C42H48FN7O4. The summed E-state index contributed by atoms with van der Waals surface area (Å²) in [7, 11) is 0. The van der Waals surface area contributed by atoms with Gasteiger partial charge >= 0.3 is 0 Å². The van der Waals surface area contributed by atoms with Crippen LogP contribution in [0, 0.1) is 5.82 Å². The van der Waals surface area contributed by atoms with E-state index >= 15 is 4.39 Å². The van der Waals surface area contributed by atoms with Crippen molar-refractivity contribution in [1.82, 2.24) is 24.6 Å². The monoisotopic (exact) mass is 733 g/mol. The number of anilines is 1. The van der Waals surface area contributed by atoms with E-state index < -0.39 is 5.91 Å². The third-order valence-electron chi connectivity index (χ3n) is 10.4. The van der Waals surface area contributed by atoms with Gasteiger partial charge in [-0.15, -0.1) is 0 Å². The van der Waals surface area contributed by atoms with Gasteiger partial charge in [0, 0.05) is 79.9 Å². The number of aryl methyl sites for hydroxylation is 2. The fourth-order valence-electron chi connectivity index (χ4n) is 7.43. The number of pyridine rings is 1. The second-order valence-electron chi connectivity index (χ2n) is 14.0. The highest BCUT2D eigenvalue weighted by Crippen LogP contribution is 2.34. The predicted octanol–water partition coefficient (Wildman–Crippen LogP) is 6.18. The SMILES string of the molecule is CCc1nc2c(cnn2CC)c(NC2CCOCC2)c1CN(Cc1ccc(F)c(-c2cccc(CN3CCOCC3)c2)c1)C(=O)c1cccc(C(N)=O)c1. The average Bonchev–Trinajstić information content (AvgIpc) is 3.62. The molecule has 0 unspecified atom stereocenters. The number of hydrogen-bond donors (Lipinski definition) is 2. The van der Waals surface area contributed by atoms with E-state index in [0.29, 0.717) is 50.5 Å². The van der Waals surface area contributed by atoms with E-state index in [-0.39, 0.29) is 36.4 Å². The number of aromatic nitrogens is 3. The number of nitrogens with zero attached hydrogens (tertiary/aromatic N) is 5. The normalized spacial score (nSPS) is 15.4. The minimum absolute atomic E-state index is 0.173. The van der Waals surface area contributed by atoms with Gasteiger partial charge in [0.2, 0.25) is 5.91 Å². The van der Waals surface area contributed by atoms with E-state index in [0.717, 1.165) is 77.1 Å². The molecule has 0 radical (unpaired) electrons. The van der Waals surface area contributed by atoms with Gasteiger partial charge in [0.05, 0.1) is 37.0 Å². The lowest BCUT2D eigenvalue weighted by Gasteiger charge is -2.29. The minimum Gasteiger partial charge on any atom is -0.381 e. The number of benzene rings is 3. The maximum absolute atomic E-state index is 15.6. The van der Waals surface area contributed by atoms with E-state index in [1.807, 2.05) is 42.1 Å². The van der Waals surface area contributed by atoms with Crippen molar-refractivity contribution in [2.75, 3.05) is 44.8 Å². The Morgan fingerprint density at radius 2 is 1.69 bits per heavy atom. The topological polar surface area (TPSA) is 128 Å². The molecule has 12 heteroatoms. The maximum atomic E-state index is 15.6. The summed E-state index contributed by atoms with van der Waals surface area (Å²) in [6, 6.07) is 19.7. The summed E-state index contributed by atoms with van der Waals surface area (Å²) in [5.74, 6) is -1.25. The van der Waals surface area contributed by atoms with Gasteiger partial charge in [-0.3, -0.25) is 14.5 Å². The molecule has 2 aliphatic heterocycles. The molecule has 2 aromatic heterocycles. The Morgan fingerprint density at radius 3 is 2.44 bits per heavy atom. The molecule has 5 aromatic rings. The number of morpholine rings is 1. The number of carbonyl (C=O) groups is 2. The van der Waals surface area contributed by atoms with Crippen molar-refractivity contribution in [2.24, 2.45) is 5.73 Å². The quantitative estimate of drug-likeness (QED) is 0.147. The van der Waals surface area contributed by atoms with Crippen LogP contribution >= 0.6 is 0 Å². The second-order valence-corrected chi connectivity index (χ2v) is 14.0. The largest absolute Gasteiger partial charge is 0.381 e. The van der Waals surface area contributed by atoms with Gasteiger partial charge in [0.15, 0.2) is 5.65 Å². The Morgan fingerprint density at radius 1 is 0.926 bits per heavy atom. The van der Waals surface area contributed by atoms with Crippen molar-refractivity contribution in [3.63, 3.8) is 0 Å². The van der Waals surface area contributed by atoms with Crippen LogP contribution in [0.1, 0.15) is 69.8 Å². The molecule has 2 aliphatic rings. The van der Waals surface area contributed by atoms with Crippen LogP contribution in [0.5, 0.6) is 0 Å². The minimum atomic E-state index is -0.617. The molecule has 2 saturated heterocycles. The molecular weight excluding hydrogens is 686 g/mol. The van der Waals surface area contributed by atoms with E-state index in [2.05, 4.69) is 28.3 Å². The van der Waals surface area contributed by atoms with Gasteiger partial charge in [-0.2, -0.15) is 5.10 Å². The van der Waals surface area contributed by atoms with Crippen LogP contribution in [0.2, 0.25) is 0 Å². The highest BCUT2D eigenvalue weighted by atomic mass is 19.1. The van der Waals surface area contributed by atoms with Crippen molar-refractivity contribution >= 4 is 28.5 Å². The number of nitrogens with one attached hydrogen (secondary N) is 1. The molecule has 2 amide bonds. The third kappa shape index (κ3) is 8.30. The fourth-order valence-corrected chi connectivity index (χ4v) is 7.43. The van der Waals surface area contributed by atoms with Crippen molar-refractivity contribution in [2.45, 2.75) is 65.3 Å². The Kier molecular flexibility index (Phi) is 11.6. The number of rotatable bonds is 13. The molecule has 282 valence electrons. The van der Waals surface area contributed by atoms with Crippen LogP contribution in [0.4, 0.5) is 10.1 Å². The van der Waals surface area contributed by atoms with Crippen LogP contribution < -0.4 is 11.1 Å². The number of halogens is 1. The van der Waals surface area contributed by atoms with Crippen molar-refractivity contribution in [3.8, 4) is 11.1 Å². The number of carbonyl (C=O) groups excluding carboxylic acids is 2. The summed E-state index contributed by atoms with van der Waals surface area (Å²) in [5, 5.41) is 9.35. The molecule has 0 spiro atoms. The molecule has 2 fully saturated rings. The highest BCUT2D eigenvalue weighted by Gasteiger charge is 2.26. The van der Waals surface area contributed by atoms with Gasteiger partial charge in [-0.1, -0.05) is 37.3 Å². The van der Waals surface area contributed by atoms with Crippen LogP contribution in [0.3, 0.4) is 0 Å². The first-order chi connectivity index (χ1) is 26.3. The fraction of sp³-hybridized carbons (Fsp3) is 0.381.